The van der Waals surface area contributed by atoms with Crippen LogP contribution in [0, 0.1) is 0 Å². The van der Waals surface area contributed by atoms with Crippen LogP contribution in [0.1, 0.15) is 5.56 Å². The molecule has 2 aliphatic heterocycles. The lowest BCUT2D eigenvalue weighted by atomic mass is 10.0. The Morgan fingerprint density at radius 2 is 1.72 bits per heavy atom. The highest BCUT2D eigenvalue weighted by molar-refractivity contribution is 7.80. The van der Waals surface area contributed by atoms with Crippen LogP contribution in [-0.2, 0) is 14.3 Å². The van der Waals surface area contributed by atoms with Gasteiger partial charge in [-0.05, 0) is 54.2 Å². The summed E-state index contributed by atoms with van der Waals surface area (Å²) in [5.74, 6) is -0.986. The molecule has 0 unspecified atom stereocenters. The molecule has 0 spiro atoms. The van der Waals surface area contributed by atoms with E-state index in [1.54, 1.807) is 30.3 Å². The van der Waals surface area contributed by atoms with Crippen LogP contribution in [0.15, 0.2) is 54.1 Å². The molecule has 148 valence electrons. The fourth-order valence-corrected chi connectivity index (χ4v) is 3.75. The van der Waals surface area contributed by atoms with Crippen LogP contribution >= 0.6 is 23.8 Å². The molecule has 0 atom stereocenters. The maximum Gasteiger partial charge on any atom is 0.270 e. The number of morpholine rings is 1. The number of hydrogen-bond donors (Lipinski definition) is 1. The summed E-state index contributed by atoms with van der Waals surface area (Å²) in [5.41, 5.74) is 2.30. The van der Waals surface area contributed by atoms with Gasteiger partial charge in [-0.25, -0.2) is 0 Å². The lowest BCUT2D eigenvalue weighted by Gasteiger charge is -2.31. The Morgan fingerprint density at radius 3 is 2.45 bits per heavy atom. The zero-order chi connectivity index (χ0) is 20.4. The molecule has 2 fully saturated rings. The topological polar surface area (TPSA) is 61.9 Å². The van der Waals surface area contributed by atoms with Crippen LogP contribution in [0.25, 0.3) is 6.08 Å². The fraction of sp³-hybridized carbons (Fsp3) is 0.190. The molecule has 0 saturated carbocycles. The SMILES string of the molecule is O=C1NC(=S)N(c2ccc(Cl)cc2)C(=O)C1=Cc1ccccc1N1CCOCC1. The van der Waals surface area contributed by atoms with Crippen LogP contribution in [0.4, 0.5) is 11.4 Å². The largest absolute Gasteiger partial charge is 0.378 e. The number of halogens is 1. The number of carbonyl (C=O) groups is 2. The normalized spacial score (nSPS) is 18.9. The van der Waals surface area contributed by atoms with E-state index in [2.05, 4.69) is 10.2 Å². The number of para-hydroxylation sites is 1. The van der Waals surface area contributed by atoms with E-state index in [4.69, 9.17) is 28.6 Å². The van der Waals surface area contributed by atoms with Crippen LogP contribution < -0.4 is 15.1 Å². The van der Waals surface area contributed by atoms with E-state index in [1.807, 2.05) is 24.3 Å². The summed E-state index contributed by atoms with van der Waals surface area (Å²) in [6.45, 7) is 2.79. The van der Waals surface area contributed by atoms with Gasteiger partial charge in [-0.2, -0.15) is 0 Å². The Bertz CT molecular complexity index is 1000. The van der Waals surface area contributed by atoms with Crippen molar-refractivity contribution >= 4 is 58.2 Å². The predicted octanol–water partition coefficient (Wildman–Crippen LogP) is 3.01. The molecular formula is C21H18ClN3O3S. The Hall–Kier alpha value is -2.74. The van der Waals surface area contributed by atoms with E-state index < -0.39 is 11.8 Å². The molecule has 8 heteroatoms. The van der Waals surface area contributed by atoms with Gasteiger partial charge in [-0.1, -0.05) is 29.8 Å². The first-order valence-electron chi connectivity index (χ1n) is 9.13. The van der Waals surface area contributed by atoms with Crippen LogP contribution in [0.5, 0.6) is 0 Å². The molecule has 2 heterocycles. The fourth-order valence-electron chi connectivity index (χ4n) is 3.34. The standard InChI is InChI=1S/C21H18ClN3O3S/c22-15-5-7-16(8-6-15)25-20(27)17(19(26)23-21(25)29)13-14-3-1-2-4-18(14)24-9-11-28-12-10-24/h1-8,13H,9-12H2,(H,23,26,29). The second-order valence-electron chi connectivity index (χ2n) is 6.59. The van der Waals surface area contributed by atoms with E-state index in [9.17, 15) is 9.59 Å². The zero-order valence-corrected chi connectivity index (χ0v) is 17.0. The predicted molar refractivity (Wildman–Crippen MR) is 117 cm³/mol. The minimum Gasteiger partial charge on any atom is -0.378 e. The Kier molecular flexibility index (Phi) is 5.62. The summed E-state index contributed by atoms with van der Waals surface area (Å²) >= 11 is 11.2. The molecule has 0 aromatic heterocycles. The van der Waals surface area contributed by atoms with Gasteiger partial charge < -0.3 is 9.64 Å². The number of nitrogens with zero attached hydrogens (tertiary/aromatic N) is 2. The van der Waals surface area contributed by atoms with Crippen molar-refractivity contribution < 1.29 is 14.3 Å². The number of ether oxygens (including phenoxy) is 1. The third kappa shape index (κ3) is 4.03. The maximum absolute atomic E-state index is 13.2. The molecule has 2 aromatic carbocycles. The second-order valence-corrected chi connectivity index (χ2v) is 7.42. The Morgan fingerprint density at radius 1 is 1.03 bits per heavy atom. The van der Waals surface area contributed by atoms with Gasteiger partial charge in [0.05, 0.1) is 18.9 Å². The number of thiocarbonyl (C=S) groups is 1. The van der Waals surface area contributed by atoms with E-state index in [0.29, 0.717) is 23.9 Å². The van der Waals surface area contributed by atoms with Crippen LogP contribution in [0.3, 0.4) is 0 Å². The van der Waals surface area contributed by atoms with Gasteiger partial charge in [0.15, 0.2) is 5.11 Å². The van der Waals surface area contributed by atoms with Crippen molar-refractivity contribution in [1.82, 2.24) is 5.32 Å². The van der Waals surface area contributed by atoms with E-state index in [1.165, 1.54) is 4.90 Å². The lowest BCUT2D eigenvalue weighted by molar-refractivity contribution is -0.122. The molecule has 29 heavy (non-hydrogen) atoms. The van der Waals surface area contributed by atoms with Crippen molar-refractivity contribution in [3.05, 3.63) is 64.7 Å². The Balaban J connectivity index is 1.71. The molecule has 2 aliphatic rings. The number of benzene rings is 2. The summed E-state index contributed by atoms with van der Waals surface area (Å²) in [5, 5.41) is 3.19. The first kappa shape index (κ1) is 19.6. The highest BCUT2D eigenvalue weighted by Gasteiger charge is 2.34. The third-order valence-corrected chi connectivity index (χ3v) is 5.31. The summed E-state index contributed by atoms with van der Waals surface area (Å²) < 4.78 is 5.42. The maximum atomic E-state index is 13.2. The molecule has 0 bridgehead atoms. The van der Waals surface area contributed by atoms with Gasteiger partial charge in [0, 0.05) is 23.8 Å². The number of rotatable bonds is 3. The molecule has 6 nitrogen and oxygen atoms in total. The lowest BCUT2D eigenvalue weighted by Crippen LogP contribution is -2.54. The van der Waals surface area contributed by atoms with Crippen LogP contribution in [0.2, 0.25) is 5.02 Å². The van der Waals surface area contributed by atoms with Gasteiger partial charge >= 0.3 is 0 Å². The minimum absolute atomic E-state index is 0.0225. The first-order chi connectivity index (χ1) is 14.0. The van der Waals surface area contributed by atoms with Gasteiger partial charge in [-0.15, -0.1) is 0 Å². The number of hydrogen-bond acceptors (Lipinski definition) is 5. The van der Waals surface area contributed by atoms with Crippen molar-refractivity contribution in [3.63, 3.8) is 0 Å². The molecule has 1 N–H and O–H groups in total. The van der Waals surface area contributed by atoms with Gasteiger partial charge in [0.2, 0.25) is 0 Å². The number of amides is 2. The zero-order valence-electron chi connectivity index (χ0n) is 15.4. The first-order valence-corrected chi connectivity index (χ1v) is 9.92. The van der Waals surface area contributed by atoms with E-state index in [-0.39, 0.29) is 10.7 Å². The summed E-state index contributed by atoms with van der Waals surface area (Å²) in [6, 6.07) is 14.4. The van der Waals surface area contributed by atoms with Crippen molar-refractivity contribution in [2.45, 2.75) is 0 Å². The van der Waals surface area contributed by atoms with Crippen molar-refractivity contribution in [2.75, 3.05) is 36.1 Å². The van der Waals surface area contributed by atoms with Crippen LogP contribution in [-0.4, -0.2) is 43.2 Å². The van der Waals surface area contributed by atoms with Crippen molar-refractivity contribution in [1.29, 1.82) is 0 Å². The molecule has 2 saturated heterocycles. The highest BCUT2D eigenvalue weighted by atomic mass is 35.5. The monoisotopic (exact) mass is 427 g/mol. The molecule has 2 aromatic rings. The quantitative estimate of drug-likeness (QED) is 0.463. The summed E-state index contributed by atoms with van der Waals surface area (Å²) in [4.78, 5) is 29.2. The van der Waals surface area contributed by atoms with Gasteiger partial charge in [-0.3, -0.25) is 19.8 Å². The minimum atomic E-state index is -0.512. The molecule has 2 amide bonds. The second kappa shape index (κ2) is 8.32. The van der Waals surface area contributed by atoms with Gasteiger partial charge in [0.25, 0.3) is 11.8 Å². The molecule has 4 rings (SSSR count). The Labute approximate surface area is 178 Å². The number of anilines is 2. The molecule has 0 radical (unpaired) electrons. The van der Waals surface area contributed by atoms with Crippen molar-refractivity contribution in [2.24, 2.45) is 0 Å². The summed E-state index contributed by atoms with van der Waals surface area (Å²) in [6.07, 6.45) is 1.62. The molecular weight excluding hydrogens is 410 g/mol. The smallest absolute Gasteiger partial charge is 0.270 e. The molecule has 0 aliphatic carbocycles. The highest BCUT2D eigenvalue weighted by Crippen LogP contribution is 2.27. The van der Waals surface area contributed by atoms with E-state index >= 15 is 0 Å². The van der Waals surface area contributed by atoms with Gasteiger partial charge in [0.1, 0.15) is 5.57 Å². The van der Waals surface area contributed by atoms with Crippen molar-refractivity contribution in [3.8, 4) is 0 Å². The third-order valence-electron chi connectivity index (χ3n) is 4.77. The number of nitrogens with one attached hydrogen (secondary N) is 1. The van der Waals surface area contributed by atoms with E-state index in [0.717, 1.165) is 24.3 Å². The average Bonchev–Trinajstić information content (AvgIpc) is 2.73. The number of carbonyl (C=O) groups excluding carboxylic acids is 2. The summed E-state index contributed by atoms with van der Waals surface area (Å²) in [7, 11) is 0. The average molecular weight is 428 g/mol.